The normalized spacial score (nSPS) is 11.8. The van der Waals surface area contributed by atoms with Crippen LogP contribution in [-0.2, 0) is 11.2 Å². The molecule has 1 amide bonds. The first-order valence-corrected chi connectivity index (χ1v) is 5.97. The van der Waals surface area contributed by atoms with E-state index in [1.165, 1.54) is 12.5 Å². The molecular weight excluding hydrogens is 224 g/mol. The van der Waals surface area contributed by atoms with Crippen molar-refractivity contribution in [3.63, 3.8) is 0 Å². The van der Waals surface area contributed by atoms with E-state index >= 15 is 0 Å². The summed E-state index contributed by atoms with van der Waals surface area (Å²) in [7, 11) is 0. The molecule has 3 heteroatoms. The molecule has 0 aliphatic heterocycles. The number of hydrogen-bond acceptors (Lipinski definition) is 2. The van der Waals surface area contributed by atoms with E-state index in [-0.39, 0.29) is 11.9 Å². The first-order chi connectivity index (χ1) is 8.75. The van der Waals surface area contributed by atoms with Gasteiger partial charge in [0.1, 0.15) is 0 Å². The molecule has 0 spiro atoms. The highest BCUT2D eigenvalue weighted by Crippen LogP contribution is 2.16. The Morgan fingerprint density at radius 1 is 1.17 bits per heavy atom. The highest BCUT2D eigenvalue weighted by molar-refractivity contribution is 5.73. The Morgan fingerprint density at radius 2 is 1.89 bits per heavy atom. The summed E-state index contributed by atoms with van der Waals surface area (Å²) in [6, 6.07) is 15.7. The van der Waals surface area contributed by atoms with Crippen molar-refractivity contribution in [2.24, 2.45) is 0 Å². The molecule has 1 N–H and O–H groups in total. The van der Waals surface area contributed by atoms with Gasteiger partial charge >= 0.3 is 0 Å². The fourth-order valence-electron chi connectivity index (χ4n) is 1.91. The minimum absolute atomic E-state index is 0.0402. The van der Waals surface area contributed by atoms with Crippen LogP contribution >= 0.6 is 0 Å². The van der Waals surface area contributed by atoms with E-state index in [2.05, 4.69) is 22.4 Å². The van der Waals surface area contributed by atoms with E-state index in [1.807, 2.05) is 36.4 Å². The number of nitrogens with zero attached hydrogens (tertiary/aromatic N) is 1. The predicted molar refractivity (Wildman–Crippen MR) is 70.9 cm³/mol. The van der Waals surface area contributed by atoms with Gasteiger partial charge in [-0.3, -0.25) is 9.78 Å². The number of pyridine rings is 1. The number of rotatable bonds is 4. The zero-order valence-electron chi connectivity index (χ0n) is 10.3. The molecule has 1 heterocycles. The van der Waals surface area contributed by atoms with Crippen LogP contribution in [0.3, 0.4) is 0 Å². The SMILES string of the molecule is CC(=O)NC(Cc1ccccc1)c1ccccn1. The van der Waals surface area contributed by atoms with E-state index in [0.717, 1.165) is 12.1 Å². The molecular formula is C15H16N2O. The Morgan fingerprint density at radius 3 is 2.50 bits per heavy atom. The average molecular weight is 240 g/mol. The molecule has 1 unspecified atom stereocenters. The van der Waals surface area contributed by atoms with E-state index < -0.39 is 0 Å². The fraction of sp³-hybridized carbons (Fsp3) is 0.200. The maximum Gasteiger partial charge on any atom is 0.217 e. The van der Waals surface area contributed by atoms with E-state index in [4.69, 9.17) is 0 Å². The zero-order valence-corrected chi connectivity index (χ0v) is 10.3. The molecule has 2 rings (SSSR count). The summed E-state index contributed by atoms with van der Waals surface area (Å²) in [4.78, 5) is 15.6. The maximum atomic E-state index is 11.3. The number of aromatic nitrogens is 1. The minimum atomic E-state index is -0.0777. The highest BCUT2D eigenvalue weighted by Gasteiger charge is 2.14. The Hall–Kier alpha value is -2.16. The molecule has 1 aromatic carbocycles. The van der Waals surface area contributed by atoms with E-state index in [0.29, 0.717) is 0 Å². The molecule has 0 aliphatic rings. The van der Waals surface area contributed by atoms with Crippen molar-refractivity contribution in [2.75, 3.05) is 0 Å². The minimum Gasteiger partial charge on any atom is -0.348 e. The molecule has 0 fully saturated rings. The van der Waals surface area contributed by atoms with Crippen LogP contribution in [0.25, 0.3) is 0 Å². The van der Waals surface area contributed by atoms with Gasteiger partial charge in [0.25, 0.3) is 0 Å². The van der Waals surface area contributed by atoms with Gasteiger partial charge in [0.05, 0.1) is 11.7 Å². The third-order valence-corrected chi connectivity index (χ3v) is 2.70. The number of amides is 1. The number of benzene rings is 1. The molecule has 0 saturated heterocycles. The Bertz CT molecular complexity index is 496. The predicted octanol–water partition coefficient (Wildman–Crippen LogP) is 2.50. The largest absolute Gasteiger partial charge is 0.348 e. The number of carbonyl (C=O) groups excluding carboxylic acids is 1. The molecule has 3 nitrogen and oxygen atoms in total. The van der Waals surface area contributed by atoms with Crippen LogP contribution < -0.4 is 5.32 Å². The lowest BCUT2D eigenvalue weighted by Gasteiger charge is -2.17. The molecule has 1 aromatic heterocycles. The summed E-state index contributed by atoms with van der Waals surface area (Å²) in [6.45, 7) is 1.53. The van der Waals surface area contributed by atoms with Crippen LogP contribution in [-0.4, -0.2) is 10.9 Å². The van der Waals surface area contributed by atoms with Gasteiger partial charge in [-0.05, 0) is 24.1 Å². The molecule has 0 bridgehead atoms. The number of hydrogen-bond donors (Lipinski definition) is 1. The standard InChI is InChI=1S/C15H16N2O/c1-12(18)17-15(14-9-5-6-10-16-14)11-13-7-3-2-4-8-13/h2-10,15H,11H2,1H3,(H,17,18). The van der Waals surface area contributed by atoms with Crippen molar-refractivity contribution in [3.8, 4) is 0 Å². The monoisotopic (exact) mass is 240 g/mol. The molecule has 92 valence electrons. The molecule has 1 atom stereocenters. The summed E-state index contributed by atoms with van der Waals surface area (Å²) in [5.41, 5.74) is 2.07. The molecule has 2 aromatic rings. The van der Waals surface area contributed by atoms with Gasteiger partial charge in [0, 0.05) is 13.1 Å². The third kappa shape index (κ3) is 3.42. The molecule has 0 radical (unpaired) electrons. The third-order valence-electron chi connectivity index (χ3n) is 2.70. The van der Waals surface area contributed by atoms with Gasteiger partial charge in [-0.2, -0.15) is 0 Å². The quantitative estimate of drug-likeness (QED) is 0.892. The second kappa shape index (κ2) is 5.96. The molecule has 0 saturated carbocycles. The lowest BCUT2D eigenvalue weighted by atomic mass is 10.0. The summed E-state index contributed by atoms with van der Waals surface area (Å²) in [6.07, 6.45) is 2.49. The smallest absolute Gasteiger partial charge is 0.217 e. The van der Waals surface area contributed by atoms with Gasteiger partial charge in [0.2, 0.25) is 5.91 Å². The zero-order chi connectivity index (χ0) is 12.8. The topological polar surface area (TPSA) is 42.0 Å². The van der Waals surface area contributed by atoms with Crippen molar-refractivity contribution in [1.29, 1.82) is 0 Å². The lowest BCUT2D eigenvalue weighted by molar-refractivity contribution is -0.119. The molecule has 18 heavy (non-hydrogen) atoms. The van der Waals surface area contributed by atoms with Crippen molar-refractivity contribution in [2.45, 2.75) is 19.4 Å². The Labute approximate surface area is 107 Å². The van der Waals surface area contributed by atoms with Gasteiger partial charge < -0.3 is 5.32 Å². The molecule has 0 aliphatic carbocycles. The van der Waals surface area contributed by atoms with Crippen molar-refractivity contribution in [1.82, 2.24) is 10.3 Å². The summed E-state index contributed by atoms with van der Waals surface area (Å²) in [5, 5.41) is 2.94. The fourth-order valence-corrected chi connectivity index (χ4v) is 1.91. The first-order valence-electron chi connectivity index (χ1n) is 5.97. The van der Waals surface area contributed by atoms with Crippen LogP contribution in [0.15, 0.2) is 54.7 Å². The van der Waals surface area contributed by atoms with E-state index in [1.54, 1.807) is 6.20 Å². The summed E-state index contributed by atoms with van der Waals surface area (Å²) < 4.78 is 0. The van der Waals surface area contributed by atoms with Crippen molar-refractivity contribution < 1.29 is 4.79 Å². The summed E-state index contributed by atoms with van der Waals surface area (Å²) >= 11 is 0. The lowest BCUT2D eigenvalue weighted by Crippen LogP contribution is -2.28. The Kier molecular flexibility index (Phi) is 4.07. The van der Waals surface area contributed by atoms with Crippen LogP contribution in [0, 0.1) is 0 Å². The second-order valence-corrected chi connectivity index (χ2v) is 4.20. The van der Waals surface area contributed by atoms with Gasteiger partial charge in [0.15, 0.2) is 0 Å². The average Bonchev–Trinajstić information content (AvgIpc) is 2.40. The van der Waals surface area contributed by atoms with Crippen molar-refractivity contribution in [3.05, 3.63) is 66.0 Å². The van der Waals surface area contributed by atoms with Crippen LogP contribution in [0.4, 0.5) is 0 Å². The Balaban J connectivity index is 2.18. The van der Waals surface area contributed by atoms with Crippen LogP contribution in [0.1, 0.15) is 24.2 Å². The van der Waals surface area contributed by atoms with Gasteiger partial charge in [-0.15, -0.1) is 0 Å². The first kappa shape index (κ1) is 12.3. The van der Waals surface area contributed by atoms with Crippen LogP contribution in [0.2, 0.25) is 0 Å². The van der Waals surface area contributed by atoms with Gasteiger partial charge in [-0.1, -0.05) is 36.4 Å². The van der Waals surface area contributed by atoms with Gasteiger partial charge in [-0.25, -0.2) is 0 Å². The number of carbonyl (C=O) groups is 1. The van der Waals surface area contributed by atoms with E-state index in [9.17, 15) is 4.79 Å². The summed E-state index contributed by atoms with van der Waals surface area (Å²) in [5.74, 6) is -0.0402. The van der Waals surface area contributed by atoms with Crippen molar-refractivity contribution >= 4 is 5.91 Å². The highest BCUT2D eigenvalue weighted by atomic mass is 16.1. The second-order valence-electron chi connectivity index (χ2n) is 4.20. The number of nitrogens with one attached hydrogen (secondary N) is 1. The maximum absolute atomic E-state index is 11.3. The van der Waals surface area contributed by atoms with Crippen LogP contribution in [0.5, 0.6) is 0 Å².